The highest BCUT2D eigenvalue weighted by atomic mass is 19.4. The lowest BCUT2D eigenvalue weighted by molar-refractivity contribution is -0.137. The molecule has 2 rings (SSSR count). The first kappa shape index (κ1) is 14.1. The first-order valence-electron chi connectivity index (χ1n) is 5.66. The van der Waals surface area contributed by atoms with Gasteiger partial charge in [0.2, 0.25) is 5.43 Å². The number of H-pyrrole nitrogens is 1. The number of alkyl halides is 3. The van der Waals surface area contributed by atoms with E-state index in [4.69, 9.17) is 0 Å². The number of nitrogens with one attached hydrogen (secondary N) is 1. The van der Waals surface area contributed by atoms with Crippen molar-refractivity contribution < 1.29 is 18.0 Å². The van der Waals surface area contributed by atoms with E-state index in [1.54, 1.807) is 0 Å². The molecule has 7 heteroatoms. The van der Waals surface area contributed by atoms with Crippen LogP contribution in [0.3, 0.4) is 0 Å². The number of aromatic nitrogens is 1. The molecule has 0 saturated heterocycles. The number of hydrogen-bond acceptors (Lipinski definition) is 2. The molecule has 1 aromatic heterocycles. The molecule has 1 N–H and O–H groups in total. The Kier molecular flexibility index (Phi) is 3.29. The van der Waals surface area contributed by atoms with Gasteiger partial charge in [0.15, 0.2) is 0 Å². The van der Waals surface area contributed by atoms with Crippen molar-refractivity contribution in [2.45, 2.75) is 6.18 Å². The fourth-order valence-electron chi connectivity index (χ4n) is 1.79. The Morgan fingerprint density at radius 3 is 2.45 bits per heavy atom. The number of aromatic amines is 1. The molecule has 0 spiro atoms. The molecule has 4 nitrogen and oxygen atoms in total. The summed E-state index contributed by atoms with van der Waals surface area (Å²) in [6.45, 7) is 0. The summed E-state index contributed by atoms with van der Waals surface area (Å²) in [5, 5.41) is -0.160. The number of pyridine rings is 1. The van der Waals surface area contributed by atoms with Crippen LogP contribution in [0.15, 0.2) is 29.2 Å². The van der Waals surface area contributed by atoms with Crippen LogP contribution in [0.25, 0.3) is 10.9 Å². The van der Waals surface area contributed by atoms with E-state index < -0.39 is 23.1 Å². The topological polar surface area (TPSA) is 53.2 Å². The standard InChI is InChI=1S/C13H11F3N2O2/c1-18(2)12(20)9-6-17-10-4-3-7(13(14,15)16)5-8(10)11(9)19/h3-6H,1-2H3,(H,17,19). The van der Waals surface area contributed by atoms with Crippen molar-refractivity contribution in [3.8, 4) is 0 Å². The summed E-state index contributed by atoms with van der Waals surface area (Å²) in [7, 11) is 2.91. The van der Waals surface area contributed by atoms with Crippen molar-refractivity contribution in [2.75, 3.05) is 14.1 Å². The number of nitrogens with zero attached hydrogens (tertiary/aromatic N) is 1. The number of amides is 1. The third-order valence-corrected chi connectivity index (χ3v) is 2.84. The smallest absolute Gasteiger partial charge is 0.360 e. The maximum absolute atomic E-state index is 12.6. The van der Waals surface area contributed by atoms with Gasteiger partial charge in [-0.2, -0.15) is 13.2 Å². The van der Waals surface area contributed by atoms with Gasteiger partial charge in [-0.3, -0.25) is 9.59 Å². The summed E-state index contributed by atoms with van der Waals surface area (Å²) in [4.78, 5) is 27.7. The Bertz CT molecular complexity index is 732. The monoisotopic (exact) mass is 284 g/mol. The maximum atomic E-state index is 12.6. The minimum Gasteiger partial charge on any atom is -0.360 e. The van der Waals surface area contributed by atoms with Gasteiger partial charge in [-0.15, -0.1) is 0 Å². The van der Waals surface area contributed by atoms with Gasteiger partial charge in [0.1, 0.15) is 5.56 Å². The fourth-order valence-corrected chi connectivity index (χ4v) is 1.79. The second kappa shape index (κ2) is 4.66. The van der Waals surface area contributed by atoms with E-state index >= 15 is 0 Å². The average molecular weight is 284 g/mol. The Labute approximate surface area is 111 Å². The minimum atomic E-state index is -4.54. The Morgan fingerprint density at radius 2 is 1.90 bits per heavy atom. The van der Waals surface area contributed by atoms with Crippen molar-refractivity contribution in [2.24, 2.45) is 0 Å². The predicted molar refractivity (Wildman–Crippen MR) is 67.6 cm³/mol. The van der Waals surface area contributed by atoms with E-state index in [0.717, 1.165) is 12.1 Å². The van der Waals surface area contributed by atoms with Gasteiger partial charge in [0.25, 0.3) is 5.91 Å². The lowest BCUT2D eigenvalue weighted by Crippen LogP contribution is -2.27. The Morgan fingerprint density at radius 1 is 1.25 bits per heavy atom. The van der Waals surface area contributed by atoms with Crippen molar-refractivity contribution >= 4 is 16.8 Å². The van der Waals surface area contributed by atoms with Gasteiger partial charge in [0.05, 0.1) is 5.56 Å². The highest BCUT2D eigenvalue weighted by molar-refractivity contribution is 5.96. The van der Waals surface area contributed by atoms with Gasteiger partial charge in [0, 0.05) is 31.2 Å². The normalized spacial score (nSPS) is 11.7. The van der Waals surface area contributed by atoms with Gasteiger partial charge in [-0.25, -0.2) is 0 Å². The quantitative estimate of drug-likeness (QED) is 0.873. The molecule has 1 aromatic carbocycles. The first-order chi connectivity index (χ1) is 9.21. The SMILES string of the molecule is CN(C)C(=O)c1c[nH]c2ccc(C(F)(F)F)cc2c1=O. The number of benzene rings is 1. The van der Waals surface area contributed by atoms with Crippen molar-refractivity contribution in [3.63, 3.8) is 0 Å². The predicted octanol–water partition coefficient (Wildman–Crippen LogP) is 2.25. The van der Waals surface area contributed by atoms with Crippen LogP contribution in [0.4, 0.5) is 13.2 Å². The molecule has 0 aliphatic rings. The molecule has 2 aromatic rings. The third kappa shape index (κ3) is 2.38. The molecule has 0 unspecified atom stereocenters. The number of halogens is 3. The zero-order valence-corrected chi connectivity index (χ0v) is 10.7. The number of carbonyl (C=O) groups is 1. The molecule has 0 fully saturated rings. The second-order valence-corrected chi connectivity index (χ2v) is 4.49. The maximum Gasteiger partial charge on any atom is 0.416 e. The van der Waals surface area contributed by atoms with E-state index in [0.29, 0.717) is 0 Å². The lowest BCUT2D eigenvalue weighted by atomic mass is 10.1. The van der Waals surface area contributed by atoms with Crippen LogP contribution >= 0.6 is 0 Å². The molecular weight excluding hydrogens is 273 g/mol. The summed E-state index contributed by atoms with van der Waals surface area (Å²) in [5.41, 5.74) is -1.59. The van der Waals surface area contributed by atoms with Gasteiger partial charge in [-0.05, 0) is 18.2 Å². The Balaban J connectivity index is 2.71. The molecular formula is C13H11F3N2O2. The van der Waals surface area contributed by atoms with E-state index in [1.807, 2.05) is 0 Å². The zero-order valence-electron chi connectivity index (χ0n) is 10.7. The molecule has 0 aliphatic carbocycles. The van der Waals surface area contributed by atoms with Crippen LogP contribution in [0, 0.1) is 0 Å². The van der Waals surface area contributed by atoms with Gasteiger partial charge in [-0.1, -0.05) is 0 Å². The van der Waals surface area contributed by atoms with Crippen LogP contribution in [0.5, 0.6) is 0 Å². The molecule has 1 amide bonds. The zero-order chi connectivity index (χ0) is 15.1. The van der Waals surface area contributed by atoms with Crippen molar-refractivity contribution in [3.05, 3.63) is 45.7 Å². The number of carbonyl (C=O) groups excluding carboxylic acids is 1. The molecule has 0 aliphatic heterocycles. The molecule has 0 saturated carbocycles. The highest BCUT2D eigenvalue weighted by Gasteiger charge is 2.31. The number of rotatable bonds is 1. The minimum absolute atomic E-state index is 0.160. The molecule has 20 heavy (non-hydrogen) atoms. The average Bonchev–Trinajstić information content (AvgIpc) is 2.37. The molecule has 0 radical (unpaired) electrons. The summed E-state index contributed by atoms with van der Waals surface area (Å²) in [5.74, 6) is -0.564. The van der Waals surface area contributed by atoms with E-state index in [2.05, 4.69) is 4.98 Å². The highest BCUT2D eigenvalue weighted by Crippen LogP contribution is 2.30. The van der Waals surface area contributed by atoms with Crippen molar-refractivity contribution in [1.82, 2.24) is 9.88 Å². The summed E-state index contributed by atoms with van der Waals surface area (Å²) in [6, 6.07) is 2.80. The van der Waals surface area contributed by atoms with Crippen LogP contribution in [-0.2, 0) is 6.18 Å². The van der Waals surface area contributed by atoms with Gasteiger partial charge < -0.3 is 9.88 Å². The second-order valence-electron chi connectivity index (χ2n) is 4.49. The van der Waals surface area contributed by atoms with Crippen LogP contribution in [0.2, 0.25) is 0 Å². The Hall–Kier alpha value is -2.31. The first-order valence-corrected chi connectivity index (χ1v) is 5.66. The summed E-state index contributed by atoms with van der Waals surface area (Å²) >= 11 is 0. The van der Waals surface area contributed by atoms with Crippen LogP contribution in [0.1, 0.15) is 15.9 Å². The van der Waals surface area contributed by atoms with Crippen LogP contribution in [-0.4, -0.2) is 29.9 Å². The van der Waals surface area contributed by atoms with E-state index in [1.165, 1.54) is 31.3 Å². The van der Waals surface area contributed by atoms with E-state index in [-0.39, 0.29) is 16.5 Å². The molecule has 1 heterocycles. The summed E-state index contributed by atoms with van der Waals surface area (Å²) in [6.07, 6.45) is -3.33. The molecule has 0 atom stereocenters. The van der Waals surface area contributed by atoms with Crippen molar-refractivity contribution in [1.29, 1.82) is 0 Å². The van der Waals surface area contributed by atoms with Gasteiger partial charge >= 0.3 is 6.18 Å². The molecule has 106 valence electrons. The molecule has 0 bridgehead atoms. The van der Waals surface area contributed by atoms with Crippen LogP contribution < -0.4 is 5.43 Å². The lowest BCUT2D eigenvalue weighted by Gasteiger charge is -2.11. The van der Waals surface area contributed by atoms with E-state index in [9.17, 15) is 22.8 Å². The fraction of sp³-hybridized carbons (Fsp3) is 0.231. The number of hydrogen-bond donors (Lipinski definition) is 1. The largest absolute Gasteiger partial charge is 0.416 e. The summed E-state index contributed by atoms with van der Waals surface area (Å²) < 4.78 is 37.9. The number of fused-ring (bicyclic) bond motifs is 1. The third-order valence-electron chi connectivity index (χ3n) is 2.84.